The van der Waals surface area contributed by atoms with Crippen molar-refractivity contribution in [2.24, 2.45) is 16.8 Å². The van der Waals surface area contributed by atoms with E-state index in [1.165, 1.54) is 0 Å². The summed E-state index contributed by atoms with van der Waals surface area (Å²) in [7, 11) is 0. The van der Waals surface area contributed by atoms with Crippen LogP contribution in [0.5, 0.6) is 11.5 Å². The lowest BCUT2D eigenvalue weighted by Gasteiger charge is -2.30. The largest absolute Gasteiger partial charge is 0.457 e. The zero-order chi connectivity index (χ0) is 26.3. The zero-order valence-corrected chi connectivity index (χ0v) is 21.8. The monoisotopic (exact) mass is 507 g/mol. The molecule has 2 aliphatic carbocycles. The van der Waals surface area contributed by atoms with Gasteiger partial charge in [-0.1, -0.05) is 31.2 Å². The summed E-state index contributed by atoms with van der Waals surface area (Å²) in [6, 6.07) is 18.1. The molecule has 7 nitrogen and oxygen atoms in total. The molecule has 2 saturated carbocycles. The van der Waals surface area contributed by atoms with E-state index < -0.39 is 0 Å². The second-order valence-corrected chi connectivity index (χ2v) is 10.8. The second-order valence-electron chi connectivity index (χ2n) is 10.8. The first-order valence-corrected chi connectivity index (χ1v) is 13.4. The minimum absolute atomic E-state index is 0.00136. The average molecular weight is 508 g/mol. The molecule has 3 unspecified atom stereocenters. The molecule has 0 radical (unpaired) electrons. The highest BCUT2D eigenvalue weighted by Crippen LogP contribution is 2.64. The Morgan fingerprint density at radius 3 is 2.45 bits per heavy atom. The van der Waals surface area contributed by atoms with Crippen LogP contribution in [0.4, 0.5) is 5.82 Å². The van der Waals surface area contributed by atoms with Crippen LogP contribution in [0.2, 0.25) is 0 Å². The van der Waals surface area contributed by atoms with Crippen molar-refractivity contribution in [1.29, 1.82) is 0 Å². The molecular formula is C31H33N5O2. The van der Waals surface area contributed by atoms with Crippen LogP contribution in [0.1, 0.15) is 56.4 Å². The Labute approximate surface area is 223 Å². The molecule has 0 spiro atoms. The van der Waals surface area contributed by atoms with Gasteiger partial charge in [0.2, 0.25) is 5.91 Å². The number of hydrogen-bond acceptors (Lipinski definition) is 6. The van der Waals surface area contributed by atoms with Crippen LogP contribution >= 0.6 is 0 Å². The summed E-state index contributed by atoms with van der Waals surface area (Å²) in [5.41, 5.74) is 10.0. The third-order valence-electron chi connectivity index (χ3n) is 8.48. The van der Waals surface area contributed by atoms with E-state index in [1.54, 1.807) is 18.5 Å². The number of nitrogens with one attached hydrogen (secondary N) is 1. The maximum Gasteiger partial charge on any atom is 0.243 e. The molecule has 0 saturated heterocycles. The predicted octanol–water partition coefficient (Wildman–Crippen LogP) is 5.21. The number of rotatable bonds is 6. The predicted molar refractivity (Wildman–Crippen MR) is 148 cm³/mol. The Morgan fingerprint density at radius 1 is 1.03 bits per heavy atom. The van der Waals surface area contributed by atoms with Gasteiger partial charge in [0, 0.05) is 17.0 Å². The quantitative estimate of drug-likeness (QED) is 0.446. The van der Waals surface area contributed by atoms with E-state index in [1.807, 2.05) is 61.5 Å². The normalized spacial score (nSPS) is 27.7. The number of para-hydroxylation sites is 1. The van der Waals surface area contributed by atoms with Gasteiger partial charge < -0.3 is 15.8 Å². The van der Waals surface area contributed by atoms with Gasteiger partial charge in [0.15, 0.2) is 0 Å². The van der Waals surface area contributed by atoms with E-state index in [2.05, 4.69) is 17.2 Å². The number of hydrogen-bond donors (Lipinski definition) is 2. The second kappa shape index (κ2) is 9.71. The van der Waals surface area contributed by atoms with E-state index in [-0.39, 0.29) is 23.4 Å². The van der Waals surface area contributed by atoms with E-state index in [4.69, 9.17) is 20.4 Å². The van der Waals surface area contributed by atoms with Gasteiger partial charge in [0.1, 0.15) is 23.6 Å². The van der Waals surface area contributed by atoms with Crippen LogP contribution < -0.4 is 15.8 Å². The van der Waals surface area contributed by atoms with Crippen molar-refractivity contribution >= 4 is 17.4 Å². The van der Waals surface area contributed by atoms with Crippen molar-refractivity contribution in [3.8, 4) is 11.5 Å². The summed E-state index contributed by atoms with van der Waals surface area (Å²) in [6.07, 6.45) is 9.09. The Hall–Kier alpha value is -4.00. The summed E-state index contributed by atoms with van der Waals surface area (Å²) in [5.74, 6) is 2.97. The van der Waals surface area contributed by atoms with E-state index in [0.29, 0.717) is 17.7 Å². The molecule has 1 amide bonds. The first-order chi connectivity index (χ1) is 18.5. The first-order valence-electron chi connectivity index (χ1n) is 13.4. The molecule has 194 valence electrons. The standard InChI is InChI=1S/C31H33N5O2/c1-3-7-24(37)35-21-14-10-19(11-15-21)26-29-31(26,2)28-25(30(32)34-18-33-28)27(36-29)20-12-16-23(17-13-20)38-22-8-5-4-6-9-22/h3-9,12-13,16-19,21,26,29H,10-11,14-15H2,1-2H3,(H,35,37)(H2,32,33,34). The van der Waals surface area contributed by atoms with Crippen molar-refractivity contribution in [2.45, 2.75) is 57.0 Å². The van der Waals surface area contributed by atoms with Gasteiger partial charge in [-0.05, 0) is 86.9 Å². The summed E-state index contributed by atoms with van der Waals surface area (Å²) in [5, 5.41) is 3.14. The molecule has 0 bridgehead atoms. The fourth-order valence-corrected chi connectivity index (χ4v) is 6.57. The van der Waals surface area contributed by atoms with Crippen LogP contribution in [0.15, 0.2) is 78.1 Å². The van der Waals surface area contributed by atoms with E-state index >= 15 is 0 Å². The van der Waals surface area contributed by atoms with Crippen molar-refractivity contribution in [1.82, 2.24) is 15.3 Å². The minimum Gasteiger partial charge on any atom is -0.457 e. The molecule has 3 aromatic rings. The number of anilines is 1. The fourth-order valence-electron chi connectivity index (χ4n) is 6.57. The Morgan fingerprint density at radius 2 is 1.74 bits per heavy atom. The zero-order valence-electron chi connectivity index (χ0n) is 21.8. The summed E-state index contributed by atoms with van der Waals surface area (Å²) < 4.78 is 5.98. The van der Waals surface area contributed by atoms with Crippen LogP contribution in [0, 0.1) is 11.8 Å². The number of ether oxygens (including phenoxy) is 1. The third-order valence-corrected chi connectivity index (χ3v) is 8.48. The van der Waals surface area contributed by atoms with Crippen LogP contribution in [0.25, 0.3) is 0 Å². The number of nitrogen functional groups attached to an aromatic ring is 1. The van der Waals surface area contributed by atoms with Crippen LogP contribution in [-0.2, 0) is 10.2 Å². The number of nitrogens with zero attached hydrogens (tertiary/aromatic N) is 3. The number of benzene rings is 2. The maximum absolute atomic E-state index is 12.0. The van der Waals surface area contributed by atoms with Crippen LogP contribution in [0.3, 0.4) is 0 Å². The number of nitrogens with two attached hydrogens (primary N) is 1. The Kier molecular flexibility index (Phi) is 6.22. The van der Waals surface area contributed by atoms with Gasteiger partial charge >= 0.3 is 0 Å². The van der Waals surface area contributed by atoms with Gasteiger partial charge in [-0.2, -0.15) is 0 Å². The molecule has 3 aliphatic rings. The first kappa shape index (κ1) is 24.3. The van der Waals surface area contributed by atoms with Crippen LogP contribution in [-0.4, -0.2) is 33.7 Å². The molecular weight excluding hydrogens is 474 g/mol. The van der Waals surface area contributed by atoms with E-state index in [0.717, 1.165) is 59.7 Å². The molecule has 7 heteroatoms. The van der Waals surface area contributed by atoms with Crippen molar-refractivity contribution < 1.29 is 9.53 Å². The van der Waals surface area contributed by atoms with Gasteiger partial charge in [-0.15, -0.1) is 0 Å². The Bertz CT molecular complexity index is 1390. The number of amides is 1. The molecule has 3 atom stereocenters. The minimum atomic E-state index is -0.141. The number of carbonyl (C=O) groups is 1. The van der Waals surface area contributed by atoms with Gasteiger partial charge in [0.25, 0.3) is 0 Å². The lowest BCUT2D eigenvalue weighted by Crippen LogP contribution is -2.37. The van der Waals surface area contributed by atoms with Crippen molar-refractivity contribution in [3.63, 3.8) is 0 Å². The molecule has 1 aliphatic heterocycles. The number of aliphatic imine (C=N–C) groups is 1. The van der Waals surface area contributed by atoms with Gasteiger partial charge in [-0.25, -0.2) is 9.97 Å². The third kappa shape index (κ3) is 4.26. The number of carbonyl (C=O) groups excluding carboxylic acids is 1. The number of allylic oxidation sites excluding steroid dienone is 1. The lowest BCUT2D eigenvalue weighted by atomic mass is 9.79. The topological polar surface area (TPSA) is 102 Å². The molecule has 38 heavy (non-hydrogen) atoms. The maximum atomic E-state index is 12.0. The molecule has 2 aromatic carbocycles. The lowest BCUT2D eigenvalue weighted by molar-refractivity contribution is -0.117. The van der Waals surface area contributed by atoms with Crippen molar-refractivity contribution in [2.75, 3.05) is 5.73 Å². The average Bonchev–Trinajstić information content (AvgIpc) is 3.55. The molecule has 2 fully saturated rings. The van der Waals surface area contributed by atoms with Gasteiger partial charge in [0.05, 0.1) is 23.0 Å². The summed E-state index contributed by atoms with van der Waals surface area (Å²) >= 11 is 0. The van der Waals surface area contributed by atoms with Crippen molar-refractivity contribution in [3.05, 3.63) is 89.9 Å². The molecule has 2 heterocycles. The summed E-state index contributed by atoms with van der Waals surface area (Å²) in [6.45, 7) is 4.15. The number of aromatic nitrogens is 2. The van der Waals surface area contributed by atoms with E-state index in [9.17, 15) is 4.79 Å². The van der Waals surface area contributed by atoms with Gasteiger partial charge in [-0.3, -0.25) is 9.79 Å². The SMILES string of the molecule is CC=CC(=O)NC1CCC(C2C3N=C(c4ccc(Oc5ccccc5)cc4)c4c(N)ncnc4C32C)CC1. The highest BCUT2D eigenvalue weighted by molar-refractivity contribution is 6.17. The summed E-state index contributed by atoms with van der Waals surface area (Å²) in [4.78, 5) is 26.4. The highest BCUT2D eigenvalue weighted by Gasteiger charge is 2.68. The highest BCUT2D eigenvalue weighted by atomic mass is 16.5. The molecule has 3 N–H and O–H groups in total. The molecule has 6 rings (SSSR count). The molecule has 1 aromatic heterocycles. The number of fused-ring (bicyclic) bond motifs is 3. The smallest absolute Gasteiger partial charge is 0.243 e. The fraction of sp³-hybridized carbons (Fsp3) is 0.355. The Balaban J connectivity index is 1.24.